The van der Waals surface area contributed by atoms with Crippen LogP contribution in [-0.2, 0) is 19.1 Å². The number of allylic oxidation sites excluding steroid dienone is 32. The summed E-state index contributed by atoms with van der Waals surface area (Å²) in [6.07, 6.45) is 103. The van der Waals surface area contributed by atoms with Crippen LogP contribution >= 0.6 is 0 Å². The van der Waals surface area contributed by atoms with Gasteiger partial charge in [0.15, 0.2) is 6.10 Å². The molecule has 0 aliphatic carbocycles. The molecule has 0 rings (SSSR count). The number of unbranched alkanes of at least 4 members (excludes halogenated alkanes) is 12. The molecular formula is C71H108O5. The van der Waals surface area contributed by atoms with E-state index in [0.29, 0.717) is 12.8 Å². The van der Waals surface area contributed by atoms with Crippen molar-refractivity contribution in [2.45, 2.75) is 225 Å². The fraction of sp³-hybridized carbons (Fsp3) is 0.521. The van der Waals surface area contributed by atoms with Crippen LogP contribution in [0.2, 0.25) is 0 Å². The van der Waals surface area contributed by atoms with Gasteiger partial charge in [0.25, 0.3) is 0 Å². The molecule has 5 heteroatoms. The van der Waals surface area contributed by atoms with Gasteiger partial charge in [-0.15, -0.1) is 0 Å². The average molecular weight is 1040 g/mol. The van der Waals surface area contributed by atoms with Crippen molar-refractivity contribution in [3.05, 3.63) is 194 Å². The largest absolute Gasteiger partial charge is 0.462 e. The number of carbonyl (C=O) groups is 2. The second-order valence-electron chi connectivity index (χ2n) is 19.0. The minimum Gasteiger partial charge on any atom is -0.462 e. The van der Waals surface area contributed by atoms with Crippen LogP contribution in [0.5, 0.6) is 0 Å². The molecule has 76 heavy (non-hydrogen) atoms. The number of ether oxygens (including phenoxy) is 2. The Labute approximate surface area is 467 Å². The Morgan fingerprint density at radius 2 is 0.526 bits per heavy atom. The van der Waals surface area contributed by atoms with Crippen molar-refractivity contribution in [1.82, 2.24) is 0 Å². The number of aliphatic hydroxyl groups is 1. The van der Waals surface area contributed by atoms with Crippen LogP contribution in [0.3, 0.4) is 0 Å². The molecule has 1 N–H and O–H groups in total. The summed E-state index contributed by atoms with van der Waals surface area (Å²) in [5.41, 5.74) is 0. The molecule has 1 unspecified atom stereocenters. The van der Waals surface area contributed by atoms with Crippen LogP contribution in [0, 0.1) is 0 Å². The summed E-state index contributed by atoms with van der Waals surface area (Å²) < 4.78 is 10.7. The van der Waals surface area contributed by atoms with Gasteiger partial charge in [0.1, 0.15) is 6.61 Å². The Bertz CT molecular complexity index is 1800. The summed E-state index contributed by atoms with van der Waals surface area (Å²) in [5.74, 6) is -0.652. The number of esters is 2. The van der Waals surface area contributed by atoms with Crippen molar-refractivity contribution in [3.8, 4) is 0 Å². The lowest BCUT2D eigenvalue weighted by Crippen LogP contribution is -2.28. The number of hydrogen-bond donors (Lipinski definition) is 1. The second-order valence-corrected chi connectivity index (χ2v) is 19.0. The summed E-state index contributed by atoms with van der Waals surface area (Å²) in [7, 11) is 0. The molecular weight excluding hydrogens is 933 g/mol. The Balaban J connectivity index is 3.69. The molecule has 0 bridgehead atoms. The van der Waals surface area contributed by atoms with Gasteiger partial charge in [-0.3, -0.25) is 9.59 Å². The molecule has 0 aliphatic rings. The van der Waals surface area contributed by atoms with Gasteiger partial charge in [0.05, 0.1) is 6.61 Å². The summed E-state index contributed by atoms with van der Waals surface area (Å²) in [5, 5.41) is 9.66. The van der Waals surface area contributed by atoms with Crippen LogP contribution in [0.15, 0.2) is 194 Å². The molecule has 422 valence electrons. The zero-order valence-electron chi connectivity index (χ0n) is 48.2. The van der Waals surface area contributed by atoms with E-state index in [1.165, 1.54) is 38.5 Å². The van der Waals surface area contributed by atoms with E-state index in [0.717, 1.165) is 154 Å². The van der Waals surface area contributed by atoms with Crippen LogP contribution in [0.25, 0.3) is 0 Å². The zero-order chi connectivity index (χ0) is 54.8. The third-order valence-electron chi connectivity index (χ3n) is 11.9. The SMILES string of the molecule is CC/C=C\C/C=C\C/C=C\C/C=C\C/C=C\C/C=C\C/C=C\C/C=C\C/C=C\C/C=C\C/C=C\CCCCCC(=O)OC(CO)COC(=O)CCCCCCCCCCC/C=C\C/C=C\C/C=C\C/C=C\C/C=C\CC. The molecule has 5 nitrogen and oxygen atoms in total. The summed E-state index contributed by atoms with van der Waals surface area (Å²) >= 11 is 0. The van der Waals surface area contributed by atoms with Crippen molar-refractivity contribution in [1.29, 1.82) is 0 Å². The van der Waals surface area contributed by atoms with Crippen molar-refractivity contribution in [2.24, 2.45) is 0 Å². The summed E-state index contributed by atoms with van der Waals surface area (Å²) in [4.78, 5) is 24.6. The number of carbonyl (C=O) groups excluding carboxylic acids is 2. The molecule has 0 aromatic heterocycles. The minimum atomic E-state index is -0.810. The summed E-state index contributed by atoms with van der Waals surface area (Å²) in [6, 6.07) is 0. The zero-order valence-corrected chi connectivity index (χ0v) is 48.2. The minimum absolute atomic E-state index is 0.0965. The molecule has 0 aromatic rings. The van der Waals surface area contributed by atoms with Crippen LogP contribution in [0.1, 0.15) is 219 Å². The third-order valence-corrected chi connectivity index (χ3v) is 11.9. The lowest BCUT2D eigenvalue weighted by atomic mass is 10.1. The molecule has 0 amide bonds. The lowest BCUT2D eigenvalue weighted by molar-refractivity contribution is -0.161. The van der Waals surface area contributed by atoms with Gasteiger partial charge in [-0.05, 0) is 141 Å². The average Bonchev–Trinajstić information content (AvgIpc) is 3.42. The summed E-state index contributed by atoms with van der Waals surface area (Å²) in [6.45, 7) is 3.87. The normalized spacial score (nSPS) is 13.7. The lowest BCUT2D eigenvalue weighted by Gasteiger charge is -2.15. The number of hydrogen-bond acceptors (Lipinski definition) is 5. The Hall–Kier alpha value is -5.26. The van der Waals surface area contributed by atoms with Crippen molar-refractivity contribution >= 4 is 11.9 Å². The third kappa shape index (κ3) is 61.3. The first-order chi connectivity index (χ1) is 37.6. The maximum Gasteiger partial charge on any atom is 0.306 e. The topological polar surface area (TPSA) is 72.8 Å². The highest BCUT2D eigenvalue weighted by atomic mass is 16.6. The quantitative estimate of drug-likeness (QED) is 0.0373. The molecule has 0 fully saturated rings. The van der Waals surface area contributed by atoms with Gasteiger partial charge >= 0.3 is 11.9 Å². The fourth-order valence-corrected chi connectivity index (χ4v) is 7.47. The maximum absolute atomic E-state index is 12.3. The fourth-order valence-electron chi connectivity index (χ4n) is 7.47. The van der Waals surface area contributed by atoms with E-state index >= 15 is 0 Å². The van der Waals surface area contributed by atoms with E-state index in [1.54, 1.807) is 0 Å². The van der Waals surface area contributed by atoms with Gasteiger partial charge in [0, 0.05) is 12.8 Å². The Morgan fingerprint density at radius 1 is 0.303 bits per heavy atom. The van der Waals surface area contributed by atoms with Crippen molar-refractivity contribution in [2.75, 3.05) is 13.2 Å². The molecule has 0 aliphatic heterocycles. The van der Waals surface area contributed by atoms with Gasteiger partial charge in [-0.2, -0.15) is 0 Å². The molecule has 0 saturated heterocycles. The molecule has 0 spiro atoms. The van der Waals surface area contributed by atoms with Gasteiger partial charge in [-0.25, -0.2) is 0 Å². The second kappa shape index (κ2) is 64.0. The first kappa shape index (κ1) is 70.7. The molecule has 0 radical (unpaired) electrons. The van der Waals surface area contributed by atoms with Crippen LogP contribution in [0.4, 0.5) is 0 Å². The van der Waals surface area contributed by atoms with E-state index in [2.05, 4.69) is 208 Å². The maximum atomic E-state index is 12.3. The van der Waals surface area contributed by atoms with E-state index in [1.807, 2.05) is 0 Å². The standard InChI is InChI=1S/C71H108O5/c1-3-5-7-9-11-13-15-17-19-21-23-25-27-29-30-31-32-33-34-35-36-37-38-39-40-42-44-46-48-50-52-54-56-58-60-62-64-66-71(74)76-69(67-72)68-75-70(73)65-63-61-59-57-55-53-51-49-47-45-43-41-28-26-24-22-20-18-16-14-12-10-8-6-4-2/h5-8,11-14,17-20,23-26,29-30,32-33,35-36,38-39,41-44,48,50,54,56,69,72H,3-4,9-10,15-16,21-22,27-28,31,34,37,40,45-47,49,51-53,55,57-68H2,1-2H3/b7-5-,8-6-,13-11-,14-12-,19-17-,20-18-,25-23-,26-24-,30-29-,33-32-,36-35-,39-38-,43-41-,44-42-,50-48-,56-54-. The van der Waals surface area contributed by atoms with Crippen molar-refractivity contribution in [3.63, 3.8) is 0 Å². The highest BCUT2D eigenvalue weighted by Crippen LogP contribution is 2.13. The first-order valence-electron chi connectivity index (χ1n) is 30.0. The van der Waals surface area contributed by atoms with Crippen molar-refractivity contribution < 1.29 is 24.2 Å². The smallest absolute Gasteiger partial charge is 0.306 e. The highest BCUT2D eigenvalue weighted by molar-refractivity contribution is 5.70. The van der Waals surface area contributed by atoms with Gasteiger partial charge in [0.2, 0.25) is 0 Å². The molecule has 0 saturated carbocycles. The van der Waals surface area contributed by atoms with Crippen LogP contribution < -0.4 is 0 Å². The Morgan fingerprint density at radius 3 is 0.803 bits per heavy atom. The Kier molecular flexibility index (Phi) is 59.6. The number of rotatable bonds is 52. The monoisotopic (exact) mass is 1040 g/mol. The molecule has 0 aromatic carbocycles. The molecule has 1 atom stereocenters. The number of aliphatic hydroxyl groups excluding tert-OH is 1. The van der Waals surface area contributed by atoms with Gasteiger partial charge < -0.3 is 14.6 Å². The first-order valence-corrected chi connectivity index (χ1v) is 30.0. The van der Waals surface area contributed by atoms with E-state index in [-0.39, 0.29) is 25.2 Å². The van der Waals surface area contributed by atoms with E-state index in [9.17, 15) is 14.7 Å². The van der Waals surface area contributed by atoms with Gasteiger partial charge in [-0.1, -0.05) is 260 Å². The van der Waals surface area contributed by atoms with E-state index in [4.69, 9.17) is 9.47 Å². The highest BCUT2D eigenvalue weighted by Gasteiger charge is 2.16. The predicted octanol–water partition coefficient (Wildman–Crippen LogP) is 20.9. The molecule has 0 heterocycles. The van der Waals surface area contributed by atoms with Crippen LogP contribution in [-0.4, -0.2) is 36.4 Å². The predicted molar refractivity (Wildman–Crippen MR) is 333 cm³/mol. The van der Waals surface area contributed by atoms with E-state index < -0.39 is 6.10 Å².